The topological polar surface area (TPSA) is 53.2 Å². The summed E-state index contributed by atoms with van der Waals surface area (Å²) in [5.74, 6) is -0.0154. The number of nitrogens with zero attached hydrogens (tertiary/aromatic N) is 1. The predicted molar refractivity (Wildman–Crippen MR) is 62.0 cm³/mol. The average Bonchev–Trinajstić information content (AvgIpc) is 2.28. The molecular formula is C13H16FNO2. The number of unbranched alkanes of at least 4 members (excludes halogenated alkanes) is 2. The van der Waals surface area contributed by atoms with Crippen LogP contribution in [-0.4, -0.2) is 11.7 Å². The van der Waals surface area contributed by atoms with E-state index in [4.69, 9.17) is 10.00 Å². The van der Waals surface area contributed by atoms with E-state index in [-0.39, 0.29) is 5.56 Å². The monoisotopic (exact) mass is 237 g/mol. The van der Waals surface area contributed by atoms with Crippen LogP contribution >= 0.6 is 0 Å². The molecule has 0 amide bonds. The molecule has 4 heteroatoms. The van der Waals surface area contributed by atoms with Gasteiger partial charge in [-0.3, -0.25) is 0 Å². The summed E-state index contributed by atoms with van der Waals surface area (Å²) in [7, 11) is 0. The zero-order valence-electron chi connectivity index (χ0n) is 9.82. The molecule has 0 saturated carbocycles. The highest BCUT2D eigenvalue weighted by Crippen LogP contribution is 2.21. The fraction of sp³-hybridized carbons (Fsp3) is 0.462. The molecule has 1 N–H and O–H groups in total. The summed E-state index contributed by atoms with van der Waals surface area (Å²) in [5, 5.41) is 17.6. The third-order valence-corrected chi connectivity index (χ3v) is 2.37. The van der Waals surface area contributed by atoms with Gasteiger partial charge in [-0.05, 0) is 31.9 Å². The van der Waals surface area contributed by atoms with Crippen LogP contribution in [0, 0.1) is 17.1 Å². The maximum atomic E-state index is 13.4. The number of ether oxygens (including phenoxy) is 1. The van der Waals surface area contributed by atoms with Crippen molar-refractivity contribution < 1.29 is 14.2 Å². The zero-order chi connectivity index (χ0) is 12.7. The molecule has 0 radical (unpaired) electrons. The molecule has 92 valence electrons. The maximum absolute atomic E-state index is 13.4. The Morgan fingerprint density at radius 3 is 2.82 bits per heavy atom. The molecule has 0 heterocycles. The minimum atomic E-state index is -0.820. The van der Waals surface area contributed by atoms with Crippen molar-refractivity contribution in [1.82, 2.24) is 0 Å². The lowest BCUT2D eigenvalue weighted by Crippen LogP contribution is -2.00. The first-order valence-corrected chi connectivity index (χ1v) is 5.62. The molecule has 0 spiro atoms. The fourth-order valence-electron chi connectivity index (χ4n) is 1.43. The number of nitriles is 1. The van der Waals surface area contributed by atoms with Crippen LogP contribution < -0.4 is 4.74 Å². The molecule has 0 bridgehead atoms. The van der Waals surface area contributed by atoms with Gasteiger partial charge in [0.2, 0.25) is 0 Å². The van der Waals surface area contributed by atoms with Crippen LogP contribution in [0.4, 0.5) is 4.39 Å². The number of halogens is 1. The molecule has 0 aromatic heterocycles. The third kappa shape index (κ3) is 4.41. The van der Waals surface area contributed by atoms with Crippen molar-refractivity contribution in [1.29, 1.82) is 5.26 Å². The normalized spacial score (nSPS) is 11.9. The fourth-order valence-corrected chi connectivity index (χ4v) is 1.43. The van der Waals surface area contributed by atoms with Gasteiger partial charge in [0.05, 0.1) is 18.8 Å². The summed E-state index contributed by atoms with van der Waals surface area (Å²) < 4.78 is 18.8. The van der Waals surface area contributed by atoms with Gasteiger partial charge < -0.3 is 9.84 Å². The van der Waals surface area contributed by atoms with Crippen LogP contribution in [0.2, 0.25) is 0 Å². The van der Waals surface area contributed by atoms with E-state index in [1.807, 2.05) is 0 Å². The Bertz CT molecular complexity index is 399. The maximum Gasteiger partial charge on any atom is 0.132 e. The summed E-state index contributed by atoms with van der Waals surface area (Å²) in [4.78, 5) is 0. The minimum Gasteiger partial charge on any atom is -0.493 e. The Kier molecular flexibility index (Phi) is 5.44. The number of aliphatic hydroxyl groups is 1. The van der Waals surface area contributed by atoms with Crippen molar-refractivity contribution >= 4 is 0 Å². The Balaban J connectivity index is 2.45. The second-order valence-electron chi connectivity index (χ2n) is 3.82. The van der Waals surface area contributed by atoms with Crippen LogP contribution in [0.15, 0.2) is 18.2 Å². The molecule has 1 rings (SSSR count). The third-order valence-electron chi connectivity index (χ3n) is 2.37. The van der Waals surface area contributed by atoms with Gasteiger partial charge in [-0.25, -0.2) is 4.39 Å². The van der Waals surface area contributed by atoms with Gasteiger partial charge in [-0.15, -0.1) is 0 Å². The van der Waals surface area contributed by atoms with E-state index in [0.29, 0.717) is 18.8 Å². The molecule has 1 atom stereocenters. The summed E-state index contributed by atoms with van der Waals surface area (Å²) in [6.07, 6.45) is 1.25. The van der Waals surface area contributed by atoms with E-state index in [1.165, 1.54) is 19.1 Å². The van der Waals surface area contributed by atoms with Crippen molar-refractivity contribution in [2.45, 2.75) is 32.3 Å². The van der Waals surface area contributed by atoms with Crippen LogP contribution in [0.1, 0.15) is 37.9 Å². The van der Waals surface area contributed by atoms with Crippen LogP contribution in [-0.2, 0) is 0 Å². The predicted octanol–water partition coefficient (Wildman–Crippen LogP) is 2.95. The average molecular weight is 237 g/mol. The summed E-state index contributed by atoms with van der Waals surface area (Å²) in [6.45, 7) is 1.98. The van der Waals surface area contributed by atoms with Gasteiger partial charge in [0.1, 0.15) is 11.6 Å². The van der Waals surface area contributed by atoms with Crippen molar-refractivity contribution in [2.75, 3.05) is 6.61 Å². The Morgan fingerprint density at radius 2 is 2.24 bits per heavy atom. The number of rotatable bonds is 6. The number of hydrogen-bond acceptors (Lipinski definition) is 3. The van der Waals surface area contributed by atoms with E-state index in [0.717, 1.165) is 12.8 Å². The van der Waals surface area contributed by atoms with Crippen LogP contribution in [0.5, 0.6) is 5.75 Å². The first-order valence-electron chi connectivity index (χ1n) is 5.62. The minimum absolute atomic E-state index is 0.266. The lowest BCUT2D eigenvalue weighted by atomic mass is 10.1. The van der Waals surface area contributed by atoms with Gasteiger partial charge in [0.25, 0.3) is 0 Å². The summed E-state index contributed by atoms with van der Waals surface area (Å²) in [5.41, 5.74) is 0.266. The van der Waals surface area contributed by atoms with Gasteiger partial charge in [-0.1, -0.05) is 0 Å². The Labute approximate surface area is 100 Å². The SMILES string of the molecule is C[C@H](O)c1ccc(OCCCCC#N)cc1F. The quantitative estimate of drug-likeness (QED) is 0.774. The van der Waals surface area contributed by atoms with Crippen LogP contribution in [0.25, 0.3) is 0 Å². The van der Waals surface area contributed by atoms with E-state index >= 15 is 0 Å². The van der Waals surface area contributed by atoms with Gasteiger partial charge >= 0.3 is 0 Å². The van der Waals surface area contributed by atoms with E-state index < -0.39 is 11.9 Å². The molecule has 0 fully saturated rings. The molecule has 1 aromatic rings. The molecule has 0 aliphatic carbocycles. The first kappa shape index (κ1) is 13.5. The zero-order valence-corrected chi connectivity index (χ0v) is 9.82. The molecule has 0 aliphatic heterocycles. The molecule has 17 heavy (non-hydrogen) atoms. The molecule has 1 aromatic carbocycles. The standard InChI is InChI=1S/C13H16FNO2/c1-10(16)12-6-5-11(9-13(12)14)17-8-4-2-3-7-15/h5-6,9-10,16H,2-4,8H2,1H3/t10-/m0/s1. The molecule has 0 saturated heterocycles. The summed E-state index contributed by atoms with van der Waals surface area (Å²) >= 11 is 0. The molecule has 3 nitrogen and oxygen atoms in total. The first-order chi connectivity index (χ1) is 8.15. The second kappa shape index (κ2) is 6.87. The molecule has 0 unspecified atom stereocenters. The van der Waals surface area contributed by atoms with E-state index in [2.05, 4.69) is 6.07 Å². The molecule has 0 aliphatic rings. The van der Waals surface area contributed by atoms with Crippen LogP contribution in [0.3, 0.4) is 0 Å². The van der Waals surface area contributed by atoms with Gasteiger partial charge in [0, 0.05) is 18.1 Å². The van der Waals surface area contributed by atoms with Crippen molar-refractivity contribution in [3.63, 3.8) is 0 Å². The smallest absolute Gasteiger partial charge is 0.132 e. The summed E-state index contributed by atoms with van der Waals surface area (Å²) in [6, 6.07) is 6.48. The highest BCUT2D eigenvalue weighted by Gasteiger charge is 2.08. The van der Waals surface area contributed by atoms with E-state index in [1.54, 1.807) is 6.07 Å². The number of aliphatic hydroxyl groups excluding tert-OH is 1. The highest BCUT2D eigenvalue weighted by molar-refractivity contribution is 5.29. The van der Waals surface area contributed by atoms with Crippen molar-refractivity contribution in [3.05, 3.63) is 29.6 Å². The van der Waals surface area contributed by atoms with Gasteiger partial charge in [-0.2, -0.15) is 5.26 Å². The number of hydrogen-bond donors (Lipinski definition) is 1. The van der Waals surface area contributed by atoms with Crippen molar-refractivity contribution in [2.24, 2.45) is 0 Å². The lowest BCUT2D eigenvalue weighted by molar-refractivity contribution is 0.194. The van der Waals surface area contributed by atoms with E-state index in [9.17, 15) is 9.50 Å². The van der Waals surface area contributed by atoms with Gasteiger partial charge in [0.15, 0.2) is 0 Å². The Hall–Kier alpha value is -1.60. The molecular weight excluding hydrogens is 221 g/mol. The highest BCUT2D eigenvalue weighted by atomic mass is 19.1. The van der Waals surface area contributed by atoms with Crippen molar-refractivity contribution in [3.8, 4) is 11.8 Å². The number of benzene rings is 1. The Morgan fingerprint density at radius 1 is 1.47 bits per heavy atom. The second-order valence-corrected chi connectivity index (χ2v) is 3.82. The lowest BCUT2D eigenvalue weighted by Gasteiger charge is -2.09. The largest absolute Gasteiger partial charge is 0.493 e.